The lowest BCUT2D eigenvalue weighted by Crippen LogP contribution is -2.44. The van der Waals surface area contributed by atoms with Gasteiger partial charge in [0, 0.05) is 12.3 Å². The van der Waals surface area contributed by atoms with Crippen molar-refractivity contribution in [1.29, 1.82) is 0 Å². The van der Waals surface area contributed by atoms with Gasteiger partial charge in [-0.3, -0.25) is 9.59 Å². The number of carbonyl (C=O) groups is 4. The molecule has 2 aliphatic rings. The summed E-state index contributed by atoms with van der Waals surface area (Å²) in [7, 11) is 0. The first kappa shape index (κ1) is 42.4. The van der Waals surface area contributed by atoms with Crippen molar-refractivity contribution in [3.63, 3.8) is 0 Å². The van der Waals surface area contributed by atoms with E-state index in [0.717, 1.165) is 33.4 Å². The number of alkyl carbamates (subject to hydrolysis) is 1. The van der Waals surface area contributed by atoms with E-state index in [2.05, 4.69) is 28.1 Å². The van der Waals surface area contributed by atoms with E-state index in [9.17, 15) is 24.3 Å². The second kappa shape index (κ2) is 21.0. The van der Waals surface area contributed by atoms with E-state index < -0.39 is 36.2 Å². The lowest BCUT2D eigenvalue weighted by atomic mass is 9.98. The molecule has 1 heterocycles. The molecule has 61 heavy (non-hydrogen) atoms. The topological polar surface area (TPSA) is 152 Å². The molecule has 0 spiro atoms. The van der Waals surface area contributed by atoms with E-state index in [4.69, 9.17) is 14.2 Å². The minimum absolute atomic E-state index is 0.0571. The smallest absolute Gasteiger partial charge is 0.407 e. The third kappa shape index (κ3) is 11.5. The molecule has 0 aromatic heterocycles. The standard InChI is InChI=1S/C50H51N3O8/c54-31-38(28-34-24-26-39(27-25-34)59-32-35-14-4-1-5-15-35)52-47(55)29-37-18-8-3-9-23-45(49(57)61-46(30-51-48(37)56)36-16-6-2-7-17-36)53-50(58)60-33-44-42-21-12-10-19-40(42)41-20-11-13-22-43(41)44/h1-8,10-17,19-22,24-27,37-38,44-46,54H,9,18,23,28-33H2,(H,51,56)(H,52,55)(H,53,58)/t37-,38+,45+,46+/m1/s1. The number of amides is 3. The molecule has 11 nitrogen and oxygen atoms in total. The van der Waals surface area contributed by atoms with Gasteiger partial charge in [0.05, 0.1) is 25.1 Å². The zero-order valence-corrected chi connectivity index (χ0v) is 33.9. The van der Waals surface area contributed by atoms with Crippen LogP contribution in [-0.2, 0) is 36.9 Å². The summed E-state index contributed by atoms with van der Waals surface area (Å²) >= 11 is 0. The third-order valence-corrected chi connectivity index (χ3v) is 11.1. The van der Waals surface area contributed by atoms with Crippen LogP contribution in [0.5, 0.6) is 5.75 Å². The van der Waals surface area contributed by atoms with E-state index in [-0.39, 0.29) is 56.8 Å². The Morgan fingerprint density at radius 3 is 2.13 bits per heavy atom. The minimum atomic E-state index is -1.03. The van der Waals surface area contributed by atoms with E-state index >= 15 is 0 Å². The number of hydrogen-bond acceptors (Lipinski definition) is 8. The highest BCUT2D eigenvalue weighted by molar-refractivity contribution is 5.86. The number of rotatable bonds is 13. The van der Waals surface area contributed by atoms with Gasteiger partial charge in [-0.2, -0.15) is 0 Å². The van der Waals surface area contributed by atoms with E-state index in [1.165, 1.54) is 0 Å². The summed E-state index contributed by atoms with van der Waals surface area (Å²) < 4.78 is 17.7. The highest BCUT2D eigenvalue weighted by atomic mass is 16.6. The molecule has 0 unspecified atom stereocenters. The molecule has 5 aromatic carbocycles. The van der Waals surface area contributed by atoms with Crippen molar-refractivity contribution < 1.29 is 38.5 Å². The molecule has 4 N–H and O–H groups in total. The number of carbonyl (C=O) groups excluding carboxylic acids is 4. The fraction of sp³-hybridized carbons (Fsp3) is 0.280. The summed E-state index contributed by atoms with van der Waals surface area (Å²) in [4.78, 5) is 54.1. The van der Waals surface area contributed by atoms with Crippen LogP contribution in [0.3, 0.4) is 0 Å². The average molecular weight is 822 g/mol. The molecule has 5 aromatic rings. The molecule has 0 saturated carbocycles. The van der Waals surface area contributed by atoms with Crippen LogP contribution in [0.25, 0.3) is 11.1 Å². The first-order valence-electron chi connectivity index (χ1n) is 20.8. The summed E-state index contributed by atoms with van der Waals surface area (Å²) in [6.07, 6.45) is 3.13. The molecule has 7 rings (SSSR count). The number of aliphatic hydroxyl groups is 1. The quantitative estimate of drug-likeness (QED) is 0.0712. The molecular weight excluding hydrogens is 771 g/mol. The molecule has 11 heteroatoms. The monoisotopic (exact) mass is 821 g/mol. The number of allylic oxidation sites excluding steroid dienone is 2. The van der Waals surface area contributed by atoms with Crippen molar-refractivity contribution in [2.24, 2.45) is 5.92 Å². The second-order valence-electron chi connectivity index (χ2n) is 15.4. The maximum absolute atomic E-state index is 13.8. The Labute approximate surface area is 356 Å². The Morgan fingerprint density at radius 1 is 0.787 bits per heavy atom. The van der Waals surface area contributed by atoms with Gasteiger partial charge in [-0.25, -0.2) is 9.59 Å². The predicted molar refractivity (Wildman–Crippen MR) is 231 cm³/mol. The molecule has 1 aliphatic heterocycles. The first-order valence-corrected chi connectivity index (χ1v) is 20.8. The highest BCUT2D eigenvalue weighted by Gasteiger charge is 2.32. The maximum atomic E-state index is 13.8. The van der Waals surface area contributed by atoms with Crippen LogP contribution in [0.4, 0.5) is 4.79 Å². The van der Waals surface area contributed by atoms with Gasteiger partial charge in [0.15, 0.2) is 0 Å². The number of cyclic esters (lactones) is 1. The number of nitrogens with one attached hydrogen (secondary N) is 3. The second-order valence-corrected chi connectivity index (χ2v) is 15.4. The Hall–Kier alpha value is -6.72. The van der Waals surface area contributed by atoms with Gasteiger partial charge in [0.25, 0.3) is 0 Å². The largest absolute Gasteiger partial charge is 0.489 e. The SMILES string of the molecule is O=C(C[C@H]1CC=CCC[C@H](NC(=O)OCC2c3ccccc3-c3ccccc32)C(=O)O[C@H](c2ccccc2)CNC1=O)N[C@H](CO)Cc1ccc(OCc2ccccc2)cc1. The molecule has 0 saturated heterocycles. The first-order chi connectivity index (χ1) is 29.8. The summed E-state index contributed by atoms with van der Waals surface area (Å²) in [5, 5.41) is 18.7. The van der Waals surface area contributed by atoms with Crippen LogP contribution in [0.2, 0.25) is 0 Å². The van der Waals surface area contributed by atoms with Gasteiger partial charge in [0.1, 0.15) is 31.1 Å². The van der Waals surface area contributed by atoms with Crippen LogP contribution in [-0.4, -0.2) is 60.8 Å². The molecule has 0 fully saturated rings. The van der Waals surface area contributed by atoms with Crippen molar-refractivity contribution in [3.05, 3.63) is 173 Å². The molecule has 0 radical (unpaired) electrons. The number of benzene rings is 5. The zero-order chi connectivity index (χ0) is 42.4. The highest BCUT2D eigenvalue weighted by Crippen LogP contribution is 2.44. The fourth-order valence-corrected chi connectivity index (χ4v) is 7.83. The Kier molecular flexibility index (Phi) is 14.6. The van der Waals surface area contributed by atoms with Crippen LogP contribution >= 0.6 is 0 Å². The number of hydrogen-bond donors (Lipinski definition) is 4. The van der Waals surface area contributed by atoms with Gasteiger partial charge in [-0.15, -0.1) is 0 Å². The van der Waals surface area contributed by atoms with Crippen molar-refractivity contribution in [2.75, 3.05) is 19.8 Å². The van der Waals surface area contributed by atoms with Crippen molar-refractivity contribution >= 4 is 23.9 Å². The number of esters is 1. The third-order valence-electron chi connectivity index (χ3n) is 11.1. The molecule has 1 aliphatic carbocycles. The van der Waals surface area contributed by atoms with Gasteiger partial charge in [0.2, 0.25) is 11.8 Å². The van der Waals surface area contributed by atoms with Crippen LogP contribution in [0.1, 0.15) is 65.5 Å². The van der Waals surface area contributed by atoms with Crippen molar-refractivity contribution in [1.82, 2.24) is 16.0 Å². The zero-order valence-electron chi connectivity index (χ0n) is 33.9. The Balaban J connectivity index is 0.965. The molecule has 3 amide bonds. The summed E-state index contributed by atoms with van der Waals surface area (Å²) in [6, 6.07) is 40.9. The molecule has 314 valence electrons. The normalized spacial score (nSPS) is 18.4. The van der Waals surface area contributed by atoms with Crippen LogP contribution in [0, 0.1) is 5.92 Å². The molecular formula is C50H51N3O8. The number of aliphatic hydroxyl groups excluding tert-OH is 1. The van der Waals surface area contributed by atoms with Crippen molar-refractivity contribution in [3.8, 4) is 16.9 Å². The summed E-state index contributed by atoms with van der Waals surface area (Å²) in [6.45, 7) is 0.188. The number of fused-ring (bicyclic) bond motifs is 3. The van der Waals surface area contributed by atoms with Gasteiger partial charge in [-0.05, 0) is 76.8 Å². The fourth-order valence-electron chi connectivity index (χ4n) is 7.83. The molecule has 4 atom stereocenters. The molecule has 0 bridgehead atoms. The van der Waals surface area contributed by atoms with Crippen LogP contribution in [0.15, 0.2) is 146 Å². The Morgan fingerprint density at radius 2 is 1.44 bits per heavy atom. The minimum Gasteiger partial charge on any atom is -0.489 e. The van der Waals surface area contributed by atoms with Gasteiger partial charge in [-0.1, -0.05) is 133 Å². The van der Waals surface area contributed by atoms with Crippen LogP contribution < -0.4 is 20.7 Å². The van der Waals surface area contributed by atoms with Crippen molar-refractivity contribution in [2.45, 2.75) is 62.8 Å². The predicted octanol–water partition coefficient (Wildman–Crippen LogP) is 7.34. The van der Waals surface area contributed by atoms with E-state index in [1.807, 2.05) is 109 Å². The Bertz CT molecular complexity index is 2240. The van der Waals surface area contributed by atoms with Gasteiger partial charge >= 0.3 is 12.1 Å². The summed E-state index contributed by atoms with van der Waals surface area (Å²) in [5.74, 6) is -1.59. The van der Waals surface area contributed by atoms with E-state index in [0.29, 0.717) is 30.8 Å². The lowest BCUT2D eigenvalue weighted by molar-refractivity contribution is -0.152. The average Bonchev–Trinajstić information content (AvgIpc) is 3.62. The van der Waals surface area contributed by atoms with Gasteiger partial charge < -0.3 is 35.3 Å². The van der Waals surface area contributed by atoms with E-state index in [1.54, 1.807) is 24.3 Å². The number of ether oxygens (including phenoxy) is 3. The lowest BCUT2D eigenvalue weighted by Gasteiger charge is -2.24. The maximum Gasteiger partial charge on any atom is 0.407 e. The summed E-state index contributed by atoms with van der Waals surface area (Å²) in [5.41, 5.74) is 6.99.